The van der Waals surface area contributed by atoms with Crippen LogP contribution in [0.5, 0.6) is 0 Å². The number of nitrogen functional groups attached to an aromatic ring is 1. The van der Waals surface area contributed by atoms with Gasteiger partial charge in [-0.05, 0) is 43.2 Å². The van der Waals surface area contributed by atoms with Gasteiger partial charge in [-0.2, -0.15) is 17.0 Å². The Hall–Kier alpha value is -1.67. The number of aromatic nitrogens is 2. The molecular formula is C15H18N4S. The number of nitrogens with zero attached hydrogens (tertiary/aromatic N) is 3. The maximum absolute atomic E-state index is 9.06. The van der Waals surface area contributed by atoms with Crippen molar-refractivity contribution in [1.82, 2.24) is 9.55 Å². The quantitative estimate of drug-likeness (QED) is 0.939. The van der Waals surface area contributed by atoms with Crippen LogP contribution in [0.15, 0.2) is 18.2 Å². The van der Waals surface area contributed by atoms with Gasteiger partial charge in [0.15, 0.2) is 0 Å². The molecule has 1 aliphatic carbocycles. The molecule has 0 saturated heterocycles. The van der Waals surface area contributed by atoms with Crippen molar-refractivity contribution in [2.75, 3.05) is 11.5 Å². The van der Waals surface area contributed by atoms with Crippen molar-refractivity contribution in [2.24, 2.45) is 0 Å². The summed E-state index contributed by atoms with van der Waals surface area (Å²) in [6.45, 7) is 2.21. The van der Waals surface area contributed by atoms with Crippen LogP contribution in [0.1, 0.15) is 37.8 Å². The molecule has 0 radical (unpaired) electrons. The van der Waals surface area contributed by atoms with Crippen LogP contribution in [0, 0.1) is 11.3 Å². The van der Waals surface area contributed by atoms with Crippen LogP contribution in [0.2, 0.25) is 0 Å². The van der Waals surface area contributed by atoms with Crippen molar-refractivity contribution >= 4 is 28.7 Å². The summed E-state index contributed by atoms with van der Waals surface area (Å²) in [7, 11) is 0. The van der Waals surface area contributed by atoms with Crippen molar-refractivity contribution < 1.29 is 0 Å². The molecule has 1 aromatic carbocycles. The summed E-state index contributed by atoms with van der Waals surface area (Å²) in [5, 5.41) is 9.78. The van der Waals surface area contributed by atoms with Gasteiger partial charge >= 0.3 is 0 Å². The SMILES string of the molecule is CCSC1CCC(n2c(N)nc3ccc(C#N)cc32)C1. The number of fused-ring (bicyclic) bond motifs is 1. The smallest absolute Gasteiger partial charge is 0.201 e. The van der Waals surface area contributed by atoms with Gasteiger partial charge in [-0.15, -0.1) is 0 Å². The molecule has 1 aromatic heterocycles. The summed E-state index contributed by atoms with van der Waals surface area (Å²) in [4.78, 5) is 4.43. The highest BCUT2D eigenvalue weighted by Gasteiger charge is 2.28. The number of nitriles is 1. The monoisotopic (exact) mass is 286 g/mol. The predicted octanol–water partition coefficient (Wildman–Crippen LogP) is 3.34. The molecule has 20 heavy (non-hydrogen) atoms. The maximum Gasteiger partial charge on any atom is 0.201 e. The van der Waals surface area contributed by atoms with Gasteiger partial charge in [0.2, 0.25) is 5.95 Å². The van der Waals surface area contributed by atoms with Gasteiger partial charge in [0.1, 0.15) is 0 Å². The molecule has 3 rings (SSSR count). The first-order chi connectivity index (χ1) is 9.72. The fourth-order valence-electron chi connectivity index (χ4n) is 3.10. The number of anilines is 1. The molecule has 2 aromatic rings. The number of hydrogen-bond acceptors (Lipinski definition) is 4. The molecule has 1 heterocycles. The van der Waals surface area contributed by atoms with E-state index in [-0.39, 0.29) is 0 Å². The van der Waals surface area contributed by atoms with Crippen LogP contribution >= 0.6 is 11.8 Å². The van der Waals surface area contributed by atoms with Crippen molar-refractivity contribution in [3.8, 4) is 6.07 Å². The maximum atomic E-state index is 9.06. The Morgan fingerprint density at radius 3 is 3.10 bits per heavy atom. The lowest BCUT2D eigenvalue weighted by molar-refractivity contribution is 0.540. The average molecular weight is 286 g/mol. The second kappa shape index (κ2) is 5.37. The Labute approximate surface area is 123 Å². The van der Waals surface area contributed by atoms with E-state index in [1.165, 1.54) is 6.42 Å². The first kappa shape index (κ1) is 13.3. The van der Waals surface area contributed by atoms with E-state index in [0.29, 0.717) is 17.6 Å². The van der Waals surface area contributed by atoms with Crippen molar-refractivity contribution in [3.05, 3.63) is 23.8 Å². The third-order valence-electron chi connectivity index (χ3n) is 3.97. The number of imidazole rings is 1. The summed E-state index contributed by atoms with van der Waals surface area (Å²) in [6.07, 6.45) is 3.52. The van der Waals surface area contributed by atoms with E-state index < -0.39 is 0 Å². The highest BCUT2D eigenvalue weighted by atomic mass is 32.2. The molecule has 0 bridgehead atoms. The third-order valence-corrected chi connectivity index (χ3v) is 5.20. The average Bonchev–Trinajstić information content (AvgIpc) is 3.01. The molecule has 2 N–H and O–H groups in total. The summed E-state index contributed by atoms with van der Waals surface area (Å²) in [6, 6.07) is 8.18. The number of nitrogens with two attached hydrogens (primary N) is 1. The molecular weight excluding hydrogens is 268 g/mol. The fourth-order valence-corrected chi connectivity index (χ4v) is 4.24. The Balaban J connectivity index is 1.99. The Morgan fingerprint density at radius 2 is 2.35 bits per heavy atom. The lowest BCUT2D eigenvalue weighted by atomic mass is 10.2. The molecule has 0 aliphatic heterocycles. The van der Waals surface area contributed by atoms with Gasteiger partial charge in [0.25, 0.3) is 0 Å². The first-order valence-electron chi connectivity index (χ1n) is 7.02. The van der Waals surface area contributed by atoms with Gasteiger partial charge in [0.05, 0.1) is 22.7 Å². The number of thioether (sulfide) groups is 1. The highest BCUT2D eigenvalue weighted by Crippen LogP contribution is 2.39. The van der Waals surface area contributed by atoms with Gasteiger partial charge in [-0.3, -0.25) is 0 Å². The van der Waals surface area contributed by atoms with Crippen LogP contribution in [-0.4, -0.2) is 20.6 Å². The molecule has 0 spiro atoms. The van der Waals surface area contributed by atoms with Crippen LogP contribution in [0.3, 0.4) is 0 Å². The van der Waals surface area contributed by atoms with E-state index in [1.54, 1.807) is 6.07 Å². The molecule has 1 fully saturated rings. The Morgan fingerprint density at radius 1 is 1.50 bits per heavy atom. The van der Waals surface area contributed by atoms with Crippen molar-refractivity contribution in [1.29, 1.82) is 5.26 Å². The van der Waals surface area contributed by atoms with Crippen molar-refractivity contribution in [2.45, 2.75) is 37.5 Å². The number of benzene rings is 1. The fraction of sp³-hybridized carbons (Fsp3) is 0.467. The van der Waals surface area contributed by atoms with Gasteiger partial charge < -0.3 is 10.3 Å². The van der Waals surface area contributed by atoms with E-state index in [9.17, 15) is 0 Å². The summed E-state index contributed by atoms with van der Waals surface area (Å²) in [5.74, 6) is 1.73. The van der Waals surface area contributed by atoms with Crippen molar-refractivity contribution in [3.63, 3.8) is 0 Å². The zero-order chi connectivity index (χ0) is 14.1. The van der Waals surface area contributed by atoms with Crippen LogP contribution in [0.4, 0.5) is 5.95 Å². The normalized spacial score (nSPS) is 22.2. The van der Waals surface area contributed by atoms with E-state index >= 15 is 0 Å². The lowest BCUT2D eigenvalue weighted by Gasteiger charge is -2.15. The molecule has 104 valence electrons. The molecule has 0 amide bonds. The zero-order valence-electron chi connectivity index (χ0n) is 11.5. The number of hydrogen-bond donors (Lipinski definition) is 1. The molecule has 2 unspecified atom stereocenters. The molecule has 2 atom stereocenters. The summed E-state index contributed by atoms with van der Waals surface area (Å²) >= 11 is 2.03. The lowest BCUT2D eigenvalue weighted by Crippen LogP contribution is -2.09. The Bertz CT molecular complexity index is 670. The van der Waals surface area contributed by atoms with E-state index in [0.717, 1.165) is 34.9 Å². The molecule has 5 heteroatoms. The second-order valence-corrected chi connectivity index (χ2v) is 6.78. The van der Waals surface area contributed by atoms with Gasteiger partial charge in [-0.25, -0.2) is 4.98 Å². The minimum absolute atomic E-state index is 0.415. The highest BCUT2D eigenvalue weighted by molar-refractivity contribution is 7.99. The zero-order valence-corrected chi connectivity index (χ0v) is 12.4. The van der Waals surface area contributed by atoms with Crippen LogP contribution < -0.4 is 5.73 Å². The minimum Gasteiger partial charge on any atom is -0.369 e. The summed E-state index contributed by atoms with van der Waals surface area (Å²) < 4.78 is 2.13. The van der Waals surface area contributed by atoms with Crippen LogP contribution in [-0.2, 0) is 0 Å². The molecule has 1 aliphatic rings. The second-order valence-electron chi connectivity index (χ2n) is 5.20. The Kier molecular flexibility index (Phi) is 3.58. The van der Waals surface area contributed by atoms with E-state index in [4.69, 9.17) is 11.0 Å². The summed E-state index contributed by atoms with van der Waals surface area (Å²) in [5.41, 5.74) is 8.65. The van der Waals surface area contributed by atoms with E-state index in [2.05, 4.69) is 22.5 Å². The van der Waals surface area contributed by atoms with Gasteiger partial charge in [-0.1, -0.05) is 6.92 Å². The first-order valence-corrected chi connectivity index (χ1v) is 8.07. The largest absolute Gasteiger partial charge is 0.369 e. The standard InChI is InChI=1S/C15H18N4S/c1-2-20-12-5-4-11(8-12)19-14-7-10(9-16)3-6-13(14)18-15(19)17/h3,6-7,11-12H,2,4-5,8H2,1H3,(H2,17,18). The minimum atomic E-state index is 0.415. The van der Waals surface area contributed by atoms with Gasteiger partial charge in [0, 0.05) is 11.3 Å². The third kappa shape index (κ3) is 2.25. The predicted molar refractivity (Wildman–Crippen MR) is 83.7 cm³/mol. The van der Waals surface area contributed by atoms with Crippen LogP contribution in [0.25, 0.3) is 11.0 Å². The topological polar surface area (TPSA) is 67.6 Å². The number of rotatable bonds is 3. The molecule has 4 nitrogen and oxygen atoms in total. The van der Waals surface area contributed by atoms with E-state index in [1.807, 2.05) is 23.9 Å². The molecule has 1 saturated carbocycles.